The van der Waals surface area contributed by atoms with Crippen LogP contribution in [-0.2, 0) is 22.6 Å². The summed E-state index contributed by atoms with van der Waals surface area (Å²) in [5, 5.41) is 3.39. The van der Waals surface area contributed by atoms with Gasteiger partial charge in [0.1, 0.15) is 37.7 Å². The first kappa shape index (κ1) is 16.2. The van der Waals surface area contributed by atoms with E-state index in [1.165, 1.54) is 6.42 Å². The Balaban J connectivity index is 1.28. The molecule has 1 aromatic heterocycles. The Kier molecular flexibility index (Phi) is 5.82. The molecule has 3 heterocycles. The van der Waals surface area contributed by atoms with E-state index in [4.69, 9.17) is 9.47 Å². The van der Waals surface area contributed by atoms with Gasteiger partial charge in [0.05, 0.1) is 32.5 Å². The molecule has 1 aromatic rings. The molecule has 1 N–H and O–H groups in total. The van der Waals surface area contributed by atoms with Gasteiger partial charge in [-0.05, 0) is 25.8 Å². The van der Waals surface area contributed by atoms with Crippen LogP contribution < -0.4 is 9.88 Å². The molecule has 0 spiro atoms. The summed E-state index contributed by atoms with van der Waals surface area (Å²) in [6, 6.07) is 0. The van der Waals surface area contributed by atoms with Crippen LogP contribution in [0, 0.1) is 0 Å². The van der Waals surface area contributed by atoms with Crippen molar-refractivity contribution in [2.45, 2.75) is 45.1 Å². The van der Waals surface area contributed by atoms with Crippen molar-refractivity contribution in [1.82, 2.24) is 9.88 Å². The molecule has 23 heavy (non-hydrogen) atoms. The minimum Gasteiger partial charge on any atom is -0.369 e. The third kappa shape index (κ3) is 6.15. The van der Waals surface area contributed by atoms with Crippen molar-refractivity contribution >= 4 is 6.34 Å². The quantitative estimate of drug-likeness (QED) is 0.213. The third-order valence-electron chi connectivity index (χ3n) is 3.96. The number of allylic oxidation sites excluding steroid dienone is 1. The Morgan fingerprint density at radius 1 is 1.30 bits per heavy atom. The predicted molar refractivity (Wildman–Crippen MR) is 87.3 cm³/mol. The highest BCUT2D eigenvalue weighted by Gasteiger charge is 2.25. The molecule has 0 saturated carbocycles. The largest absolute Gasteiger partial charge is 0.369 e. The van der Waals surface area contributed by atoms with Gasteiger partial charge in [0.2, 0.25) is 12.7 Å². The lowest BCUT2D eigenvalue weighted by Crippen LogP contribution is -2.34. The fourth-order valence-corrected chi connectivity index (χ4v) is 2.55. The van der Waals surface area contributed by atoms with E-state index in [0.29, 0.717) is 12.2 Å². The molecular weight excluding hydrogens is 292 g/mol. The maximum atomic E-state index is 5.27. The summed E-state index contributed by atoms with van der Waals surface area (Å²) < 4.78 is 17.1. The van der Waals surface area contributed by atoms with Crippen molar-refractivity contribution in [3.05, 3.63) is 31.0 Å². The molecule has 6 heteroatoms. The van der Waals surface area contributed by atoms with Crippen LogP contribution >= 0.6 is 0 Å². The van der Waals surface area contributed by atoms with Crippen LogP contribution in [0.1, 0.15) is 19.8 Å². The molecule has 2 aliphatic heterocycles. The topological polar surface area (TPSA) is 48.9 Å². The Hall–Kier alpha value is -1.66. The van der Waals surface area contributed by atoms with Gasteiger partial charge in [0, 0.05) is 0 Å². The lowest BCUT2D eigenvalue weighted by molar-refractivity contribution is -0.697. The first-order valence-corrected chi connectivity index (χ1v) is 8.57. The van der Waals surface area contributed by atoms with E-state index >= 15 is 0 Å². The number of ether oxygens (including phenoxy) is 2. The molecular formula is C17H28N4O2+2. The van der Waals surface area contributed by atoms with Gasteiger partial charge in [-0.3, -0.25) is 5.32 Å². The average Bonchev–Trinajstić information content (AvgIpc) is 3.45. The zero-order valence-electron chi connectivity index (χ0n) is 13.9. The minimum absolute atomic E-state index is 0.408. The third-order valence-corrected chi connectivity index (χ3v) is 3.96. The van der Waals surface area contributed by atoms with Gasteiger partial charge in [0.25, 0.3) is 0 Å². The lowest BCUT2D eigenvalue weighted by atomic mass is 10.3. The lowest BCUT2D eigenvalue weighted by Gasteiger charge is -2.00. The van der Waals surface area contributed by atoms with E-state index < -0.39 is 0 Å². The summed E-state index contributed by atoms with van der Waals surface area (Å²) in [6.45, 7) is 7.82. The molecule has 2 atom stereocenters. The molecule has 0 aliphatic carbocycles. The molecule has 2 aliphatic rings. The van der Waals surface area contributed by atoms with Crippen molar-refractivity contribution in [1.29, 1.82) is 0 Å². The van der Waals surface area contributed by atoms with Crippen LogP contribution in [0.3, 0.4) is 0 Å². The summed E-state index contributed by atoms with van der Waals surface area (Å²) in [5.74, 6) is 0. The summed E-state index contributed by atoms with van der Waals surface area (Å²) >= 11 is 0. The van der Waals surface area contributed by atoms with Crippen molar-refractivity contribution in [3.63, 3.8) is 0 Å². The van der Waals surface area contributed by atoms with E-state index in [1.807, 2.05) is 6.92 Å². The molecule has 6 nitrogen and oxygen atoms in total. The fraction of sp³-hybridized carbons (Fsp3) is 0.647. The normalized spacial score (nSPS) is 23.4. The average molecular weight is 320 g/mol. The first-order valence-electron chi connectivity index (χ1n) is 8.57. The SMILES string of the molecule is C/C=C\[N+](=CNCCCCn1cc[n+](CC2CO2)c1)CC1CO1. The van der Waals surface area contributed by atoms with Crippen molar-refractivity contribution in [2.75, 3.05) is 26.3 Å². The number of rotatable bonds is 11. The van der Waals surface area contributed by atoms with E-state index in [2.05, 4.69) is 56.4 Å². The Labute approximate surface area is 138 Å². The van der Waals surface area contributed by atoms with Crippen molar-refractivity contribution in [2.24, 2.45) is 0 Å². The van der Waals surface area contributed by atoms with Gasteiger partial charge in [-0.15, -0.1) is 0 Å². The number of aromatic nitrogens is 2. The van der Waals surface area contributed by atoms with Crippen LogP contribution in [0.15, 0.2) is 31.0 Å². The van der Waals surface area contributed by atoms with E-state index in [0.717, 1.165) is 45.8 Å². The second-order valence-electron chi connectivity index (χ2n) is 6.23. The smallest absolute Gasteiger partial charge is 0.243 e. The summed E-state index contributed by atoms with van der Waals surface area (Å²) in [6.07, 6.45) is 15.8. The van der Waals surface area contributed by atoms with Gasteiger partial charge in [-0.1, -0.05) is 0 Å². The molecule has 0 amide bonds. The highest BCUT2D eigenvalue weighted by Crippen LogP contribution is 2.08. The Morgan fingerprint density at radius 3 is 2.87 bits per heavy atom. The maximum Gasteiger partial charge on any atom is 0.243 e. The van der Waals surface area contributed by atoms with Crippen molar-refractivity contribution < 1.29 is 18.6 Å². The van der Waals surface area contributed by atoms with Crippen LogP contribution in [0.25, 0.3) is 0 Å². The molecule has 0 bridgehead atoms. The van der Waals surface area contributed by atoms with Gasteiger partial charge >= 0.3 is 0 Å². The number of unbranched alkanes of at least 4 members (excludes halogenated alkanes) is 1. The molecule has 2 saturated heterocycles. The van der Waals surface area contributed by atoms with Gasteiger partial charge in [0.15, 0.2) is 0 Å². The maximum absolute atomic E-state index is 5.27. The van der Waals surface area contributed by atoms with Crippen LogP contribution in [0.2, 0.25) is 0 Å². The second kappa shape index (κ2) is 8.26. The predicted octanol–water partition coefficient (Wildman–Crippen LogP) is 0.517. The number of imidazole rings is 1. The zero-order chi connectivity index (χ0) is 15.9. The Morgan fingerprint density at radius 2 is 2.13 bits per heavy atom. The van der Waals surface area contributed by atoms with Gasteiger partial charge in [-0.25, -0.2) is 13.7 Å². The van der Waals surface area contributed by atoms with Crippen LogP contribution in [-0.4, -0.2) is 54.0 Å². The zero-order valence-corrected chi connectivity index (χ0v) is 13.9. The number of epoxide rings is 2. The number of hydrogen-bond acceptors (Lipinski definition) is 2. The van der Waals surface area contributed by atoms with Gasteiger partial charge in [-0.2, -0.15) is 0 Å². The van der Waals surface area contributed by atoms with Crippen LogP contribution in [0.5, 0.6) is 0 Å². The molecule has 126 valence electrons. The molecule has 0 aromatic carbocycles. The molecule has 2 unspecified atom stereocenters. The van der Waals surface area contributed by atoms with Crippen LogP contribution in [0.4, 0.5) is 0 Å². The first-order chi connectivity index (χ1) is 11.3. The highest BCUT2D eigenvalue weighted by molar-refractivity contribution is 5.48. The van der Waals surface area contributed by atoms with E-state index in [9.17, 15) is 0 Å². The number of hydrogen-bond donors (Lipinski definition) is 1. The summed E-state index contributed by atoms with van der Waals surface area (Å²) in [5.41, 5.74) is 0. The Bertz CT molecular complexity index is 545. The van der Waals surface area contributed by atoms with E-state index in [-0.39, 0.29) is 0 Å². The number of aryl methyl sites for hydroxylation is 1. The molecule has 0 radical (unpaired) electrons. The monoisotopic (exact) mass is 320 g/mol. The van der Waals surface area contributed by atoms with Crippen molar-refractivity contribution in [3.8, 4) is 0 Å². The van der Waals surface area contributed by atoms with Gasteiger partial charge < -0.3 is 9.47 Å². The second-order valence-corrected chi connectivity index (χ2v) is 6.23. The standard InChI is InChI=1S/C17H27N4O2/c1-2-6-20(10-16-12-22-16)14-18-5-3-4-7-19-8-9-21(15-19)11-17-13-23-17/h2,6,8-9,14-17H,3-5,7,10-13H2,1H3/q+1/p+1/b6-2-. The highest BCUT2D eigenvalue weighted by atomic mass is 16.6. The summed E-state index contributed by atoms with van der Waals surface area (Å²) in [7, 11) is 0. The molecule has 3 rings (SSSR count). The summed E-state index contributed by atoms with van der Waals surface area (Å²) in [4.78, 5) is 0. The molecule has 2 fully saturated rings. The van der Waals surface area contributed by atoms with E-state index in [1.54, 1.807) is 0 Å². The fourth-order valence-electron chi connectivity index (χ4n) is 2.55. The number of nitrogens with one attached hydrogen (secondary N) is 1. The number of nitrogens with zero attached hydrogens (tertiary/aromatic N) is 3. The minimum atomic E-state index is 0.408.